The molecular weight excluding hydrogens is 240 g/mol. The Morgan fingerprint density at radius 2 is 1.95 bits per heavy atom. The molecule has 2 aliphatic carbocycles. The van der Waals surface area contributed by atoms with Gasteiger partial charge in [0.05, 0.1) is 7.11 Å². The molecule has 4 nitrogen and oxygen atoms in total. The SMILES string of the molecule is COC(=O)CC1CC(NC2CC2)CN(CC2CC2)C1. The standard InChI is InChI=1S/C15H26N2O2/c1-19-15(18)7-12-6-14(16-13-4-5-13)10-17(9-12)8-11-2-3-11/h11-14,16H,2-10H2,1H3. The molecule has 0 aromatic carbocycles. The summed E-state index contributed by atoms with van der Waals surface area (Å²) in [5.41, 5.74) is 0. The predicted molar refractivity (Wildman–Crippen MR) is 73.8 cm³/mol. The fourth-order valence-electron chi connectivity index (χ4n) is 3.29. The van der Waals surface area contributed by atoms with E-state index in [4.69, 9.17) is 4.74 Å². The number of nitrogens with zero attached hydrogens (tertiary/aromatic N) is 1. The second kappa shape index (κ2) is 5.80. The van der Waals surface area contributed by atoms with Crippen molar-refractivity contribution in [2.45, 2.75) is 50.6 Å². The maximum absolute atomic E-state index is 11.5. The summed E-state index contributed by atoms with van der Waals surface area (Å²) in [6.07, 6.45) is 7.19. The summed E-state index contributed by atoms with van der Waals surface area (Å²) in [4.78, 5) is 14.1. The van der Waals surface area contributed by atoms with Gasteiger partial charge in [-0.05, 0) is 43.9 Å². The Bertz CT molecular complexity index is 304. The first kappa shape index (κ1) is 13.4. The minimum Gasteiger partial charge on any atom is -0.469 e. The van der Waals surface area contributed by atoms with Gasteiger partial charge in [0.1, 0.15) is 0 Å². The molecule has 2 unspecified atom stereocenters. The van der Waals surface area contributed by atoms with Crippen molar-refractivity contribution < 1.29 is 9.53 Å². The third kappa shape index (κ3) is 4.18. The highest BCUT2D eigenvalue weighted by Crippen LogP contribution is 2.32. The maximum atomic E-state index is 11.5. The van der Waals surface area contributed by atoms with E-state index in [1.807, 2.05) is 0 Å². The van der Waals surface area contributed by atoms with Crippen molar-refractivity contribution >= 4 is 5.97 Å². The number of ether oxygens (including phenoxy) is 1. The quantitative estimate of drug-likeness (QED) is 0.738. The molecule has 4 heteroatoms. The van der Waals surface area contributed by atoms with E-state index in [2.05, 4.69) is 10.2 Å². The number of hydrogen-bond acceptors (Lipinski definition) is 4. The van der Waals surface area contributed by atoms with Crippen LogP contribution in [0.2, 0.25) is 0 Å². The van der Waals surface area contributed by atoms with Crippen molar-refractivity contribution in [2.75, 3.05) is 26.7 Å². The number of esters is 1. The van der Waals surface area contributed by atoms with Crippen LogP contribution in [-0.2, 0) is 9.53 Å². The molecule has 0 spiro atoms. The molecule has 0 aromatic rings. The molecule has 0 bridgehead atoms. The molecule has 0 radical (unpaired) electrons. The van der Waals surface area contributed by atoms with E-state index < -0.39 is 0 Å². The number of piperidine rings is 1. The van der Waals surface area contributed by atoms with Crippen LogP contribution in [0.1, 0.15) is 38.5 Å². The Labute approximate surface area is 115 Å². The van der Waals surface area contributed by atoms with Crippen molar-refractivity contribution in [3.8, 4) is 0 Å². The number of carbonyl (C=O) groups excluding carboxylic acids is 1. The lowest BCUT2D eigenvalue weighted by Crippen LogP contribution is -2.50. The fraction of sp³-hybridized carbons (Fsp3) is 0.933. The van der Waals surface area contributed by atoms with E-state index in [-0.39, 0.29) is 5.97 Å². The third-order valence-corrected chi connectivity index (χ3v) is 4.56. The number of rotatable bonds is 6. The fourth-order valence-corrected chi connectivity index (χ4v) is 3.29. The number of nitrogens with one attached hydrogen (secondary N) is 1. The van der Waals surface area contributed by atoms with Gasteiger partial charge < -0.3 is 15.0 Å². The number of carbonyl (C=O) groups is 1. The lowest BCUT2D eigenvalue weighted by molar-refractivity contribution is -0.142. The molecular formula is C15H26N2O2. The predicted octanol–water partition coefficient (Wildman–Crippen LogP) is 1.40. The second-order valence-corrected chi connectivity index (χ2v) is 6.68. The van der Waals surface area contributed by atoms with Gasteiger partial charge in [0.15, 0.2) is 0 Å². The van der Waals surface area contributed by atoms with E-state index in [0.29, 0.717) is 18.4 Å². The molecule has 2 saturated carbocycles. The second-order valence-electron chi connectivity index (χ2n) is 6.68. The van der Waals surface area contributed by atoms with Crippen LogP contribution in [-0.4, -0.2) is 49.7 Å². The zero-order chi connectivity index (χ0) is 13.2. The van der Waals surface area contributed by atoms with Gasteiger partial charge in [-0.25, -0.2) is 0 Å². The molecule has 1 heterocycles. The van der Waals surface area contributed by atoms with Crippen molar-refractivity contribution in [3.05, 3.63) is 0 Å². The van der Waals surface area contributed by atoms with Crippen LogP contribution < -0.4 is 5.32 Å². The number of hydrogen-bond donors (Lipinski definition) is 1. The first-order valence-corrected chi connectivity index (χ1v) is 7.78. The van der Waals surface area contributed by atoms with E-state index in [1.54, 1.807) is 0 Å². The minimum atomic E-state index is -0.0524. The molecule has 19 heavy (non-hydrogen) atoms. The van der Waals surface area contributed by atoms with Crippen LogP contribution in [0, 0.1) is 11.8 Å². The van der Waals surface area contributed by atoms with Crippen LogP contribution >= 0.6 is 0 Å². The summed E-state index contributed by atoms with van der Waals surface area (Å²) in [6.45, 7) is 3.49. The highest BCUT2D eigenvalue weighted by Gasteiger charge is 2.34. The van der Waals surface area contributed by atoms with Crippen LogP contribution in [0.25, 0.3) is 0 Å². The summed E-state index contributed by atoms with van der Waals surface area (Å²) in [5, 5.41) is 3.74. The Morgan fingerprint density at radius 1 is 1.16 bits per heavy atom. The Balaban J connectivity index is 1.53. The molecule has 1 saturated heterocycles. The molecule has 2 atom stereocenters. The van der Waals surface area contributed by atoms with E-state index >= 15 is 0 Å². The van der Waals surface area contributed by atoms with E-state index in [1.165, 1.54) is 45.9 Å². The zero-order valence-corrected chi connectivity index (χ0v) is 11.9. The van der Waals surface area contributed by atoms with Crippen LogP contribution in [0.3, 0.4) is 0 Å². The number of likely N-dealkylation sites (tertiary alicyclic amines) is 1. The first-order valence-electron chi connectivity index (χ1n) is 7.78. The molecule has 0 amide bonds. The lowest BCUT2D eigenvalue weighted by atomic mass is 9.91. The van der Waals surface area contributed by atoms with E-state index in [9.17, 15) is 4.79 Å². The van der Waals surface area contributed by atoms with Gasteiger partial charge in [-0.1, -0.05) is 0 Å². The van der Waals surface area contributed by atoms with Gasteiger partial charge in [0.25, 0.3) is 0 Å². The van der Waals surface area contributed by atoms with Gasteiger partial charge in [-0.2, -0.15) is 0 Å². The van der Waals surface area contributed by atoms with Crippen LogP contribution in [0.5, 0.6) is 0 Å². The molecule has 108 valence electrons. The molecule has 1 N–H and O–H groups in total. The van der Waals surface area contributed by atoms with E-state index in [0.717, 1.165) is 24.9 Å². The highest BCUT2D eigenvalue weighted by molar-refractivity contribution is 5.69. The Morgan fingerprint density at radius 3 is 2.58 bits per heavy atom. The zero-order valence-electron chi connectivity index (χ0n) is 11.9. The minimum absolute atomic E-state index is 0.0524. The van der Waals surface area contributed by atoms with Gasteiger partial charge in [-0.15, -0.1) is 0 Å². The Hall–Kier alpha value is -0.610. The van der Waals surface area contributed by atoms with Crippen molar-refractivity contribution in [1.82, 2.24) is 10.2 Å². The van der Waals surface area contributed by atoms with Crippen LogP contribution in [0.15, 0.2) is 0 Å². The summed E-state index contributed by atoms with van der Waals surface area (Å²) in [5.74, 6) is 1.35. The van der Waals surface area contributed by atoms with Crippen molar-refractivity contribution in [3.63, 3.8) is 0 Å². The molecule has 3 rings (SSSR count). The largest absolute Gasteiger partial charge is 0.469 e. The van der Waals surface area contributed by atoms with Crippen molar-refractivity contribution in [1.29, 1.82) is 0 Å². The summed E-state index contributed by atoms with van der Waals surface area (Å²) < 4.78 is 4.83. The van der Waals surface area contributed by atoms with Crippen LogP contribution in [0.4, 0.5) is 0 Å². The van der Waals surface area contributed by atoms with Gasteiger partial charge >= 0.3 is 5.97 Å². The smallest absolute Gasteiger partial charge is 0.305 e. The molecule has 0 aromatic heterocycles. The Kier molecular flexibility index (Phi) is 4.08. The third-order valence-electron chi connectivity index (χ3n) is 4.56. The van der Waals surface area contributed by atoms with Gasteiger partial charge in [-0.3, -0.25) is 4.79 Å². The van der Waals surface area contributed by atoms with Gasteiger partial charge in [0.2, 0.25) is 0 Å². The highest BCUT2D eigenvalue weighted by atomic mass is 16.5. The van der Waals surface area contributed by atoms with Crippen molar-refractivity contribution in [2.24, 2.45) is 11.8 Å². The normalized spacial score (nSPS) is 32.3. The lowest BCUT2D eigenvalue weighted by Gasteiger charge is -2.38. The van der Waals surface area contributed by atoms with Gasteiger partial charge in [0, 0.05) is 38.1 Å². The maximum Gasteiger partial charge on any atom is 0.305 e. The average molecular weight is 266 g/mol. The summed E-state index contributed by atoms with van der Waals surface area (Å²) in [7, 11) is 1.49. The topological polar surface area (TPSA) is 41.6 Å². The molecule has 3 fully saturated rings. The summed E-state index contributed by atoms with van der Waals surface area (Å²) >= 11 is 0. The first-order chi connectivity index (χ1) is 9.22. The number of methoxy groups -OCH3 is 1. The molecule has 1 aliphatic heterocycles. The summed E-state index contributed by atoms with van der Waals surface area (Å²) in [6, 6.07) is 1.33. The molecule has 3 aliphatic rings. The average Bonchev–Trinajstić information content (AvgIpc) is 3.25. The monoisotopic (exact) mass is 266 g/mol.